The highest BCUT2D eigenvalue weighted by Gasteiger charge is 2.11. The molecular weight excluding hydrogens is 288 g/mol. The van der Waals surface area contributed by atoms with Crippen LogP contribution in [0.2, 0.25) is 0 Å². The van der Waals surface area contributed by atoms with E-state index in [0.717, 1.165) is 12.8 Å². The third-order valence-corrected chi connectivity index (χ3v) is 2.69. The third kappa shape index (κ3) is 4.36. The van der Waals surface area contributed by atoms with Crippen LogP contribution in [0, 0.1) is 0 Å². The highest BCUT2D eigenvalue weighted by Crippen LogP contribution is 2.23. The van der Waals surface area contributed by atoms with Crippen LogP contribution in [0.4, 0.5) is 0 Å². The Morgan fingerprint density at radius 1 is 1.47 bits per heavy atom. The molecule has 0 radical (unpaired) electrons. The summed E-state index contributed by atoms with van der Waals surface area (Å²) in [5.74, 6) is -0.559. The fourth-order valence-electron chi connectivity index (χ4n) is 1.46. The molecule has 1 atom stereocenters. The molecule has 0 saturated carbocycles. The molecule has 0 fully saturated rings. The van der Waals surface area contributed by atoms with E-state index in [1.807, 2.05) is 6.92 Å². The molecule has 0 saturated heterocycles. The van der Waals surface area contributed by atoms with Gasteiger partial charge in [-0.25, -0.2) is 4.79 Å². The Morgan fingerprint density at radius 3 is 2.71 bits per heavy atom. The second-order valence-electron chi connectivity index (χ2n) is 3.69. The maximum Gasteiger partial charge on any atom is 0.335 e. The first-order valence-corrected chi connectivity index (χ1v) is 6.17. The minimum atomic E-state index is -1.01. The van der Waals surface area contributed by atoms with Gasteiger partial charge >= 0.3 is 5.97 Å². The summed E-state index contributed by atoms with van der Waals surface area (Å²) in [6.45, 7) is 1.92. The molecule has 0 aliphatic rings. The first-order valence-electron chi connectivity index (χ1n) is 5.38. The predicted molar refractivity (Wildman–Crippen MR) is 67.5 cm³/mol. The largest absolute Gasteiger partial charge is 0.488 e. The van der Waals surface area contributed by atoms with Gasteiger partial charge in [0.25, 0.3) is 0 Å². The third-order valence-electron chi connectivity index (χ3n) is 2.24. The van der Waals surface area contributed by atoms with E-state index in [0.29, 0.717) is 10.2 Å². The second kappa shape index (κ2) is 6.61. The van der Waals surface area contributed by atoms with E-state index in [1.54, 1.807) is 6.07 Å². The molecule has 1 aromatic rings. The van der Waals surface area contributed by atoms with Gasteiger partial charge in [0.2, 0.25) is 0 Å². The standard InChI is InChI=1S/C12H15BrO4/c1-2-3-10(7-14)17-11-5-8(12(15)16)4-9(13)6-11/h4-6,10,14H,2-3,7H2,1H3,(H,15,16)/t10-/m1/s1. The molecule has 0 heterocycles. The van der Waals surface area contributed by atoms with Crippen molar-refractivity contribution in [2.24, 2.45) is 0 Å². The number of carboxylic acid groups (broad SMARTS) is 1. The number of benzene rings is 1. The van der Waals surface area contributed by atoms with Gasteiger partial charge in [0, 0.05) is 4.47 Å². The molecule has 0 aromatic heterocycles. The molecule has 1 rings (SSSR count). The lowest BCUT2D eigenvalue weighted by Crippen LogP contribution is -2.20. The molecule has 0 aliphatic heterocycles. The zero-order valence-corrected chi connectivity index (χ0v) is 11.1. The van der Waals surface area contributed by atoms with E-state index in [-0.39, 0.29) is 18.3 Å². The molecule has 0 amide bonds. The van der Waals surface area contributed by atoms with Gasteiger partial charge in [-0.2, -0.15) is 0 Å². The number of carboxylic acids is 1. The molecule has 17 heavy (non-hydrogen) atoms. The summed E-state index contributed by atoms with van der Waals surface area (Å²) in [4.78, 5) is 10.9. The maximum absolute atomic E-state index is 10.9. The molecular formula is C12H15BrO4. The van der Waals surface area contributed by atoms with Gasteiger partial charge in [-0.1, -0.05) is 29.3 Å². The van der Waals surface area contributed by atoms with E-state index in [2.05, 4.69) is 15.9 Å². The van der Waals surface area contributed by atoms with Crippen LogP contribution in [0.25, 0.3) is 0 Å². The summed E-state index contributed by atoms with van der Waals surface area (Å²) >= 11 is 3.23. The minimum Gasteiger partial charge on any atom is -0.488 e. The molecule has 0 aliphatic carbocycles. The summed E-state index contributed by atoms with van der Waals surface area (Å²) in [6, 6.07) is 4.64. The zero-order chi connectivity index (χ0) is 12.8. The van der Waals surface area contributed by atoms with E-state index in [1.165, 1.54) is 12.1 Å². The lowest BCUT2D eigenvalue weighted by molar-refractivity contribution is 0.0695. The average Bonchev–Trinajstić information content (AvgIpc) is 2.27. The van der Waals surface area contributed by atoms with Crippen LogP contribution >= 0.6 is 15.9 Å². The van der Waals surface area contributed by atoms with Gasteiger partial charge in [-0.15, -0.1) is 0 Å². The highest BCUT2D eigenvalue weighted by atomic mass is 79.9. The summed E-state index contributed by atoms with van der Waals surface area (Å²) in [6.07, 6.45) is 1.33. The number of hydrogen-bond acceptors (Lipinski definition) is 3. The number of aromatic carboxylic acids is 1. The number of aliphatic hydroxyl groups excluding tert-OH is 1. The minimum absolute atomic E-state index is 0.0806. The van der Waals surface area contributed by atoms with E-state index in [9.17, 15) is 4.79 Å². The highest BCUT2D eigenvalue weighted by molar-refractivity contribution is 9.10. The van der Waals surface area contributed by atoms with Crippen LogP contribution < -0.4 is 4.74 Å². The van der Waals surface area contributed by atoms with E-state index < -0.39 is 5.97 Å². The van der Waals surface area contributed by atoms with E-state index >= 15 is 0 Å². The van der Waals surface area contributed by atoms with Crippen LogP contribution in [-0.2, 0) is 0 Å². The normalized spacial score (nSPS) is 12.2. The number of carbonyl (C=O) groups is 1. The van der Waals surface area contributed by atoms with Crippen molar-refractivity contribution in [1.82, 2.24) is 0 Å². The molecule has 5 heteroatoms. The van der Waals surface area contributed by atoms with E-state index in [4.69, 9.17) is 14.9 Å². The van der Waals surface area contributed by atoms with Crippen molar-refractivity contribution in [3.63, 3.8) is 0 Å². The summed E-state index contributed by atoms with van der Waals surface area (Å²) in [5.41, 5.74) is 0.155. The van der Waals surface area contributed by atoms with Crippen molar-refractivity contribution in [1.29, 1.82) is 0 Å². The molecule has 4 nitrogen and oxygen atoms in total. The van der Waals surface area contributed by atoms with Gasteiger partial charge < -0.3 is 14.9 Å². The number of hydrogen-bond donors (Lipinski definition) is 2. The van der Waals surface area contributed by atoms with Crippen molar-refractivity contribution < 1.29 is 19.7 Å². The lowest BCUT2D eigenvalue weighted by atomic mass is 10.2. The number of halogens is 1. The SMILES string of the molecule is CCC[C@H](CO)Oc1cc(Br)cc(C(=O)O)c1. The lowest BCUT2D eigenvalue weighted by Gasteiger charge is -2.16. The van der Waals surface area contributed by atoms with Gasteiger partial charge in [-0.05, 0) is 24.6 Å². The Morgan fingerprint density at radius 2 is 2.18 bits per heavy atom. The topological polar surface area (TPSA) is 66.8 Å². The molecule has 0 spiro atoms. The first-order chi connectivity index (χ1) is 8.06. The quantitative estimate of drug-likeness (QED) is 0.848. The van der Waals surface area contributed by atoms with Crippen molar-refractivity contribution >= 4 is 21.9 Å². The summed E-state index contributed by atoms with van der Waals surface area (Å²) in [5, 5.41) is 18.0. The Bertz CT molecular complexity index is 392. The molecule has 2 N–H and O–H groups in total. The van der Waals surface area contributed by atoms with Gasteiger partial charge in [-0.3, -0.25) is 0 Å². The Kier molecular flexibility index (Phi) is 5.44. The van der Waals surface area contributed by atoms with Crippen LogP contribution in [0.1, 0.15) is 30.1 Å². The number of aliphatic hydroxyl groups is 1. The Labute approximate surface area is 108 Å². The summed E-state index contributed by atoms with van der Waals surface area (Å²) in [7, 11) is 0. The predicted octanol–water partition coefficient (Wildman–Crippen LogP) is 2.69. The Balaban J connectivity index is 2.86. The fraction of sp³-hybridized carbons (Fsp3) is 0.417. The van der Waals surface area contributed by atoms with Gasteiger partial charge in [0.15, 0.2) is 0 Å². The monoisotopic (exact) mass is 302 g/mol. The number of ether oxygens (including phenoxy) is 1. The zero-order valence-electron chi connectivity index (χ0n) is 9.52. The van der Waals surface area contributed by atoms with Crippen molar-refractivity contribution in [2.75, 3.05) is 6.61 Å². The van der Waals surface area contributed by atoms with Gasteiger partial charge in [0.1, 0.15) is 11.9 Å². The van der Waals surface area contributed by atoms with Crippen molar-refractivity contribution in [3.05, 3.63) is 28.2 Å². The smallest absolute Gasteiger partial charge is 0.335 e. The maximum atomic E-state index is 10.9. The fourth-order valence-corrected chi connectivity index (χ4v) is 1.93. The van der Waals surface area contributed by atoms with Crippen molar-refractivity contribution in [2.45, 2.75) is 25.9 Å². The first kappa shape index (κ1) is 14.0. The number of rotatable bonds is 6. The van der Waals surface area contributed by atoms with Crippen LogP contribution in [0.3, 0.4) is 0 Å². The van der Waals surface area contributed by atoms with Crippen LogP contribution in [0.5, 0.6) is 5.75 Å². The second-order valence-corrected chi connectivity index (χ2v) is 4.61. The summed E-state index contributed by atoms with van der Waals surface area (Å²) < 4.78 is 6.17. The van der Waals surface area contributed by atoms with Crippen LogP contribution in [0.15, 0.2) is 22.7 Å². The van der Waals surface area contributed by atoms with Crippen LogP contribution in [-0.4, -0.2) is 28.9 Å². The average molecular weight is 303 g/mol. The Hall–Kier alpha value is -1.07. The van der Waals surface area contributed by atoms with Crippen molar-refractivity contribution in [3.8, 4) is 5.75 Å². The molecule has 94 valence electrons. The molecule has 0 bridgehead atoms. The molecule has 0 unspecified atom stereocenters. The molecule has 1 aromatic carbocycles. The van der Waals surface area contributed by atoms with Gasteiger partial charge in [0.05, 0.1) is 12.2 Å².